The van der Waals surface area contributed by atoms with Gasteiger partial charge in [-0.2, -0.15) is 0 Å². The molecule has 100 valence electrons. The quantitative estimate of drug-likeness (QED) is 0.864. The van der Waals surface area contributed by atoms with E-state index < -0.39 is 11.6 Å². The van der Waals surface area contributed by atoms with E-state index in [4.69, 9.17) is 4.74 Å². The fourth-order valence-corrected chi connectivity index (χ4v) is 2.69. The second-order valence-electron chi connectivity index (χ2n) is 4.19. The van der Waals surface area contributed by atoms with Crippen molar-refractivity contribution >= 4 is 15.9 Å². The van der Waals surface area contributed by atoms with Crippen molar-refractivity contribution in [1.29, 1.82) is 0 Å². The van der Waals surface area contributed by atoms with Crippen LogP contribution in [-0.2, 0) is 6.54 Å². The minimum atomic E-state index is -0.854. The summed E-state index contributed by atoms with van der Waals surface area (Å²) in [5, 5.41) is 3.22. The Kier molecular flexibility index (Phi) is 4.53. The molecule has 1 heterocycles. The number of nitrogens with one attached hydrogen (secondary N) is 1. The number of hydrogen-bond acceptors (Lipinski definition) is 3. The Bertz CT molecular complexity index is 437. The van der Waals surface area contributed by atoms with Crippen LogP contribution in [0.4, 0.5) is 8.78 Å². The van der Waals surface area contributed by atoms with Gasteiger partial charge in [0.15, 0.2) is 11.6 Å². The van der Waals surface area contributed by atoms with Crippen molar-refractivity contribution in [3.63, 3.8) is 0 Å². The number of methoxy groups -OCH3 is 1. The van der Waals surface area contributed by atoms with Crippen LogP contribution in [0.1, 0.15) is 5.56 Å². The molecule has 0 radical (unpaired) electrons. The van der Waals surface area contributed by atoms with Gasteiger partial charge in [0.2, 0.25) is 0 Å². The largest absolute Gasteiger partial charge is 0.495 e. The molecule has 0 aromatic heterocycles. The van der Waals surface area contributed by atoms with E-state index in [0.717, 1.165) is 32.2 Å². The number of ether oxygens (including phenoxy) is 1. The lowest BCUT2D eigenvalue weighted by atomic mass is 10.1. The van der Waals surface area contributed by atoms with Gasteiger partial charge in [0, 0.05) is 38.3 Å². The van der Waals surface area contributed by atoms with Gasteiger partial charge >= 0.3 is 0 Å². The maximum Gasteiger partial charge on any atom is 0.167 e. The molecule has 0 atom stereocenters. The maximum absolute atomic E-state index is 13.9. The zero-order valence-electron chi connectivity index (χ0n) is 10.1. The topological polar surface area (TPSA) is 24.5 Å². The fourth-order valence-electron chi connectivity index (χ4n) is 2.08. The molecule has 6 heteroatoms. The number of benzene rings is 1. The predicted octanol–water partition coefficient (Wildman–Crippen LogP) is 2.14. The van der Waals surface area contributed by atoms with Crippen LogP contribution in [0.25, 0.3) is 0 Å². The van der Waals surface area contributed by atoms with Crippen LogP contribution in [0.5, 0.6) is 5.75 Å². The molecule has 0 amide bonds. The minimum absolute atomic E-state index is 0.270. The third kappa shape index (κ3) is 2.81. The van der Waals surface area contributed by atoms with Crippen molar-refractivity contribution in [2.75, 3.05) is 33.3 Å². The van der Waals surface area contributed by atoms with Gasteiger partial charge in [0.05, 0.1) is 11.6 Å². The third-order valence-electron chi connectivity index (χ3n) is 3.01. The molecule has 1 aliphatic heterocycles. The summed E-state index contributed by atoms with van der Waals surface area (Å²) in [4.78, 5) is 2.07. The van der Waals surface area contributed by atoms with Crippen LogP contribution in [0.3, 0.4) is 0 Å². The molecule has 18 heavy (non-hydrogen) atoms. The lowest BCUT2D eigenvalue weighted by molar-refractivity contribution is 0.225. The van der Waals surface area contributed by atoms with Crippen molar-refractivity contribution < 1.29 is 13.5 Å². The summed E-state index contributed by atoms with van der Waals surface area (Å²) < 4.78 is 32.9. The molecule has 1 N–H and O–H groups in total. The zero-order chi connectivity index (χ0) is 13.1. The molecule has 1 aliphatic rings. The monoisotopic (exact) mass is 320 g/mol. The number of rotatable bonds is 3. The van der Waals surface area contributed by atoms with Gasteiger partial charge in [-0.15, -0.1) is 0 Å². The molecule has 1 aromatic carbocycles. The molecular weight excluding hydrogens is 306 g/mol. The highest BCUT2D eigenvalue weighted by molar-refractivity contribution is 9.10. The van der Waals surface area contributed by atoms with E-state index in [-0.39, 0.29) is 5.56 Å². The first-order chi connectivity index (χ1) is 8.63. The van der Waals surface area contributed by atoms with Crippen LogP contribution >= 0.6 is 15.9 Å². The first-order valence-corrected chi connectivity index (χ1v) is 6.56. The van der Waals surface area contributed by atoms with Gasteiger partial charge < -0.3 is 10.1 Å². The van der Waals surface area contributed by atoms with Gasteiger partial charge in [-0.3, -0.25) is 4.90 Å². The van der Waals surface area contributed by atoms with E-state index in [1.807, 2.05) is 0 Å². The molecule has 1 saturated heterocycles. The van der Waals surface area contributed by atoms with Gasteiger partial charge in [-0.1, -0.05) is 0 Å². The highest BCUT2D eigenvalue weighted by Crippen LogP contribution is 2.33. The summed E-state index contributed by atoms with van der Waals surface area (Å²) in [5.41, 5.74) is 0.270. The first-order valence-electron chi connectivity index (χ1n) is 5.77. The van der Waals surface area contributed by atoms with Gasteiger partial charge in [-0.25, -0.2) is 8.78 Å². The van der Waals surface area contributed by atoms with E-state index in [2.05, 4.69) is 26.1 Å². The molecule has 0 unspecified atom stereocenters. The van der Waals surface area contributed by atoms with E-state index in [1.54, 1.807) is 0 Å². The summed E-state index contributed by atoms with van der Waals surface area (Å²) >= 11 is 3.19. The van der Waals surface area contributed by atoms with E-state index in [1.165, 1.54) is 7.11 Å². The van der Waals surface area contributed by atoms with Crippen molar-refractivity contribution in [2.45, 2.75) is 6.54 Å². The standard InChI is InChI=1S/C12H15BrF2N2O/c1-18-12-8(7-17-4-2-16-3-5-17)11(15)10(14)6-9(12)13/h6,16H,2-5,7H2,1H3. The zero-order valence-corrected chi connectivity index (χ0v) is 11.7. The van der Waals surface area contributed by atoms with E-state index in [9.17, 15) is 8.78 Å². The Hall–Kier alpha value is -0.720. The van der Waals surface area contributed by atoms with Crippen LogP contribution in [0, 0.1) is 11.6 Å². The minimum Gasteiger partial charge on any atom is -0.495 e. The van der Waals surface area contributed by atoms with Crippen molar-refractivity contribution in [3.05, 3.63) is 27.7 Å². The lowest BCUT2D eigenvalue weighted by Crippen LogP contribution is -2.43. The average Bonchev–Trinajstić information content (AvgIpc) is 2.37. The molecule has 3 nitrogen and oxygen atoms in total. The number of piperazine rings is 1. The molecule has 0 aliphatic carbocycles. The first kappa shape index (κ1) is 13.7. The fraction of sp³-hybridized carbons (Fsp3) is 0.500. The van der Waals surface area contributed by atoms with Crippen molar-refractivity contribution in [3.8, 4) is 5.75 Å². The summed E-state index contributed by atoms with van der Waals surface area (Å²) in [6.45, 7) is 3.71. The second kappa shape index (κ2) is 5.95. The third-order valence-corrected chi connectivity index (χ3v) is 3.60. The van der Waals surface area contributed by atoms with Crippen LogP contribution in [-0.4, -0.2) is 38.2 Å². The Morgan fingerprint density at radius 2 is 2.06 bits per heavy atom. The Morgan fingerprint density at radius 3 is 2.67 bits per heavy atom. The molecule has 1 fully saturated rings. The van der Waals surface area contributed by atoms with Gasteiger partial charge in [-0.05, 0) is 22.0 Å². The van der Waals surface area contributed by atoms with E-state index in [0.29, 0.717) is 16.8 Å². The smallest absolute Gasteiger partial charge is 0.167 e. The molecule has 1 aromatic rings. The van der Waals surface area contributed by atoms with Gasteiger partial charge in [0.1, 0.15) is 5.75 Å². The summed E-state index contributed by atoms with van der Waals surface area (Å²) in [6, 6.07) is 1.09. The normalized spacial score (nSPS) is 16.9. The van der Waals surface area contributed by atoms with Gasteiger partial charge in [0.25, 0.3) is 0 Å². The van der Waals surface area contributed by atoms with Crippen molar-refractivity contribution in [2.24, 2.45) is 0 Å². The summed E-state index contributed by atoms with van der Waals surface area (Å²) in [6.07, 6.45) is 0. The summed E-state index contributed by atoms with van der Waals surface area (Å²) in [5.74, 6) is -1.31. The van der Waals surface area contributed by atoms with E-state index >= 15 is 0 Å². The molecule has 0 saturated carbocycles. The average molecular weight is 321 g/mol. The van der Waals surface area contributed by atoms with Crippen LogP contribution in [0.15, 0.2) is 10.5 Å². The number of hydrogen-bond donors (Lipinski definition) is 1. The number of halogens is 3. The predicted molar refractivity (Wildman–Crippen MR) is 68.8 cm³/mol. The Balaban J connectivity index is 2.29. The Labute approximate surface area is 113 Å². The Morgan fingerprint density at radius 1 is 1.39 bits per heavy atom. The number of nitrogens with zero attached hydrogens (tertiary/aromatic N) is 1. The SMILES string of the molecule is COc1c(Br)cc(F)c(F)c1CN1CCNCC1. The highest BCUT2D eigenvalue weighted by atomic mass is 79.9. The maximum atomic E-state index is 13.9. The van der Waals surface area contributed by atoms with Crippen molar-refractivity contribution in [1.82, 2.24) is 10.2 Å². The molecule has 0 bridgehead atoms. The van der Waals surface area contributed by atoms with Crippen LogP contribution < -0.4 is 10.1 Å². The second-order valence-corrected chi connectivity index (χ2v) is 5.05. The van der Waals surface area contributed by atoms with Crippen LogP contribution in [0.2, 0.25) is 0 Å². The molecule has 0 spiro atoms. The highest BCUT2D eigenvalue weighted by Gasteiger charge is 2.21. The lowest BCUT2D eigenvalue weighted by Gasteiger charge is -2.28. The summed E-state index contributed by atoms with van der Waals surface area (Å²) in [7, 11) is 1.46. The molecule has 2 rings (SSSR count). The molecular formula is C12H15BrF2N2O.